The Balaban J connectivity index is 1.24. The summed E-state index contributed by atoms with van der Waals surface area (Å²) in [5, 5.41) is 10.0. The van der Waals surface area contributed by atoms with Gasteiger partial charge in [0.05, 0.1) is 17.5 Å². The maximum atomic E-state index is 11.7. The number of ether oxygens (including phenoxy) is 1. The molecule has 40 heavy (non-hydrogen) atoms. The van der Waals surface area contributed by atoms with Gasteiger partial charge in [0.1, 0.15) is 27.7 Å². The third-order valence-corrected chi connectivity index (χ3v) is 8.67. The van der Waals surface area contributed by atoms with Crippen molar-refractivity contribution in [3.63, 3.8) is 0 Å². The van der Waals surface area contributed by atoms with Gasteiger partial charge >= 0.3 is 0 Å². The van der Waals surface area contributed by atoms with Crippen LogP contribution < -0.4 is 10.2 Å². The van der Waals surface area contributed by atoms with Crippen LogP contribution in [0.3, 0.4) is 0 Å². The molecule has 0 bridgehead atoms. The number of pyridine rings is 1. The van der Waals surface area contributed by atoms with Crippen LogP contribution in [0.5, 0.6) is 0 Å². The third kappa shape index (κ3) is 5.66. The minimum atomic E-state index is -2.98. The average molecular weight is 562 g/mol. The standard InChI is InChI=1S/C29H35N7O3S/c1-19(2)22-7-8-25(35-15-20(16-35)18-40(3,37)38)24-14-31-27(12-23(22)24)33-26-9-10-30-29(34-26)21-13-32-36(17-21)28-6-4-5-11-39-28/h7-10,12-14,17,19-20,28H,4-6,11,15-16,18H2,1-3H3,(H,30,31,33,34). The number of hydrogen-bond donors (Lipinski definition) is 1. The van der Waals surface area contributed by atoms with E-state index in [1.807, 2.05) is 23.1 Å². The second-order valence-corrected chi connectivity index (χ2v) is 13.4. The lowest BCUT2D eigenvalue weighted by Gasteiger charge is -2.41. The first-order chi connectivity index (χ1) is 19.2. The van der Waals surface area contributed by atoms with Gasteiger partial charge < -0.3 is 15.0 Å². The molecule has 1 atom stereocenters. The quantitative estimate of drug-likeness (QED) is 0.319. The summed E-state index contributed by atoms with van der Waals surface area (Å²) < 4.78 is 31.1. The molecule has 11 heteroatoms. The van der Waals surface area contributed by atoms with E-state index in [0.717, 1.165) is 61.0 Å². The smallest absolute Gasteiger partial charge is 0.164 e. The Morgan fingerprint density at radius 3 is 2.67 bits per heavy atom. The largest absolute Gasteiger partial charge is 0.370 e. The van der Waals surface area contributed by atoms with Crippen molar-refractivity contribution in [2.24, 2.45) is 5.92 Å². The molecule has 1 N–H and O–H groups in total. The van der Waals surface area contributed by atoms with Crippen LogP contribution in [0.1, 0.15) is 50.8 Å². The summed E-state index contributed by atoms with van der Waals surface area (Å²) in [7, 11) is -2.98. The number of nitrogens with zero attached hydrogens (tertiary/aromatic N) is 6. The van der Waals surface area contributed by atoms with Crippen molar-refractivity contribution in [1.29, 1.82) is 0 Å². The van der Waals surface area contributed by atoms with E-state index >= 15 is 0 Å². The second-order valence-electron chi connectivity index (χ2n) is 11.2. The molecule has 0 radical (unpaired) electrons. The summed E-state index contributed by atoms with van der Waals surface area (Å²) in [4.78, 5) is 16.2. The summed E-state index contributed by atoms with van der Waals surface area (Å²) in [5.41, 5.74) is 3.16. The zero-order chi connectivity index (χ0) is 27.9. The van der Waals surface area contributed by atoms with E-state index in [9.17, 15) is 8.42 Å². The van der Waals surface area contributed by atoms with E-state index in [0.29, 0.717) is 23.4 Å². The first-order valence-corrected chi connectivity index (χ1v) is 15.9. The summed E-state index contributed by atoms with van der Waals surface area (Å²) in [6.45, 7) is 6.59. The summed E-state index contributed by atoms with van der Waals surface area (Å²) in [6.07, 6.45) is 11.8. The second kappa shape index (κ2) is 10.8. The summed E-state index contributed by atoms with van der Waals surface area (Å²) in [5.74, 6) is 2.65. The monoisotopic (exact) mass is 561 g/mol. The first kappa shape index (κ1) is 26.6. The number of rotatable bonds is 8. The van der Waals surface area contributed by atoms with Crippen LogP contribution in [0.4, 0.5) is 17.3 Å². The Bertz CT molecular complexity index is 1620. The van der Waals surface area contributed by atoms with Gasteiger partial charge in [-0.15, -0.1) is 0 Å². The van der Waals surface area contributed by atoms with Crippen LogP contribution in [0.25, 0.3) is 22.2 Å². The highest BCUT2D eigenvalue weighted by molar-refractivity contribution is 7.90. The predicted molar refractivity (Wildman–Crippen MR) is 157 cm³/mol. The van der Waals surface area contributed by atoms with Gasteiger partial charge in [-0.25, -0.2) is 28.1 Å². The lowest BCUT2D eigenvalue weighted by atomic mass is 9.93. The zero-order valence-corrected chi connectivity index (χ0v) is 23.9. The maximum absolute atomic E-state index is 11.7. The van der Waals surface area contributed by atoms with E-state index < -0.39 is 9.84 Å². The first-order valence-electron chi connectivity index (χ1n) is 13.8. The fourth-order valence-corrected chi connectivity index (χ4v) is 6.70. The molecular weight excluding hydrogens is 526 g/mol. The number of fused-ring (bicyclic) bond motifs is 1. The van der Waals surface area contributed by atoms with E-state index in [4.69, 9.17) is 14.7 Å². The molecule has 2 saturated heterocycles. The van der Waals surface area contributed by atoms with Crippen LogP contribution >= 0.6 is 0 Å². The summed E-state index contributed by atoms with van der Waals surface area (Å²) >= 11 is 0. The highest BCUT2D eigenvalue weighted by Crippen LogP contribution is 2.37. The number of hydrogen-bond acceptors (Lipinski definition) is 9. The molecule has 4 aromatic rings. The number of sulfone groups is 1. The number of nitrogens with one attached hydrogen (secondary N) is 1. The SMILES string of the molecule is CC(C)c1ccc(N2CC(CS(C)(=O)=O)C2)c2cnc(Nc3ccnc(-c4cnn(C5CCCCO5)c4)n3)cc12. The number of benzene rings is 1. The Morgan fingerprint density at radius 2 is 1.93 bits per heavy atom. The van der Waals surface area contributed by atoms with Crippen molar-refractivity contribution >= 4 is 37.9 Å². The molecule has 6 rings (SSSR count). The van der Waals surface area contributed by atoms with Crippen molar-refractivity contribution in [2.75, 3.05) is 41.9 Å². The molecular formula is C29H35N7O3S. The highest BCUT2D eigenvalue weighted by Gasteiger charge is 2.31. The minimum absolute atomic E-state index is 0.0347. The van der Waals surface area contributed by atoms with Gasteiger partial charge in [-0.1, -0.05) is 19.9 Å². The van der Waals surface area contributed by atoms with Gasteiger partial charge in [-0.05, 0) is 54.3 Å². The topological polar surface area (TPSA) is 115 Å². The Kier molecular flexibility index (Phi) is 7.18. The van der Waals surface area contributed by atoms with Crippen LogP contribution in [-0.4, -0.2) is 64.9 Å². The zero-order valence-electron chi connectivity index (χ0n) is 23.1. The molecule has 5 heterocycles. The Labute approximate surface area is 234 Å². The molecule has 0 aliphatic carbocycles. The van der Waals surface area contributed by atoms with Gasteiger partial charge in [-0.2, -0.15) is 5.10 Å². The van der Waals surface area contributed by atoms with Crippen LogP contribution in [-0.2, 0) is 14.6 Å². The molecule has 1 unspecified atom stereocenters. The van der Waals surface area contributed by atoms with Crippen molar-refractivity contribution in [3.05, 3.63) is 54.6 Å². The molecule has 2 aliphatic rings. The maximum Gasteiger partial charge on any atom is 0.164 e. The molecule has 0 amide bonds. The fraction of sp³-hybridized carbons (Fsp3) is 0.448. The molecule has 2 aliphatic heterocycles. The summed E-state index contributed by atoms with van der Waals surface area (Å²) in [6, 6.07) is 8.21. The van der Waals surface area contributed by atoms with E-state index in [1.165, 1.54) is 11.8 Å². The van der Waals surface area contributed by atoms with Gasteiger partial charge in [0.15, 0.2) is 5.82 Å². The predicted octanol–water partition coefficient (Wildman–Crippen LogP) is 4.94. The van der Waals surface area contributed by atoms with Crippen molar-refractivity contribution in [3.8, 4) is 11.4 Å². The van der Waals surface area contributed by atoms with Crippen molar-refractivity contribution < 1.29 is 13.2 Å². The Morgan fingerprint density at radius 1 is 1.07 bits per heavy atom. The van der Waals surface area contributed by atoms with E-state index in [1.54, 1.807) is 12.4 Å². The Hall–Kier alpha value is -3.57. The number of aromatic nitrogens is 5. The van der Waals surface area contributed by atoms with Gasteiger partial charge in [0.2, 0.25) is 0 Å². The normalized spacial score (nSPS) is 18.3. The molecule has 3 aromatic heterocycles. The van der Waals surface area contributed by atoms with Crippen molar-refractivity contribution in [1.82, 2.24) is 24.7 Å². The number of anilines is 3. The fourth-order valence-electron chi connectivity index (χ4n) is 5.64. The molecule has 0 saturated carbocycles. The van der Waals surface area contributed by atoms with Crippen LogP contribution in [0.2, 0.25) is 0 Å². The van der Waals surface area contributed by atoms with Gasteiger partial charge in [0, 0.05) is 61.5 Å². The average Bonchev–Trinajstić information content (AvgIpc) is 3.41. The van der Waals surface area contributed by atoms with Gasteiger partial charge in [0.25, 0.3) is 0 Å². The lowest BCUT2D eigenvalue weighted by Crippen LogP contribution is -2.49. The van der Waals surface area contributed by atoms with E-state index in [2.05, 4.69) is 52.3 Å². The molecule has 0 spiro atoms. The lowest BCUT2D eigenvalue weighted by molar-refractivity contribution is -0.0394. The minimum Gasteiger partial charge on any atom is -0.370 e. The molecule has 2 fully saturated rings. The molecule has 10 nitrogen and oxygen atoms in total. The van der Waals surface area contributed by atoms with Crippen LogP contribution in [0, 0.1) is 5.92 Å². The van der Waals surface area contributed by atoms with E-state index in [-0.39, 0.29) is 17.9 Å². The van der Waals surface area contributed by atoms with Gasteiger partial charge in [-0.3, -0.25) is 0 Å². The van der Waals surface area contributed by atoms with Crippen molar-refractivity contribution in [2.45, 2.75) is 45.3 Å². The molecule has 1 aromatic carbocycles. The molecule has 210 valence electrons. The highest BCUT2D eigenvalue weighted by atomic mass is 32.2. The third-order valence-electron chi connectivity index (χ3n) is 7.59. The van der Waals surface area contributed by atoms with Crippen LogP contribution in [0.15, 0.2) is 49.1 Å².